The van der Waals surface area contributed by atoms with Crippen molar-refractivity contribution in [1.82, 2.24) is 5.32 Å². The molecule has 18 heavy (non-hydrogen) atoms. The highest BCUT2D eigenvalue weighted by atomic mass is 35.5. The lowest BCUT2D eigenvalue weighted by atomic mass is 10.1. The van der Waals surface area contributed by atoms with Gasteiger partial charge in [0.15, 0.2) is 6.61 Å². The maximum absolute atomic E-state index is 11.4. The van der Waals surface area contributed by atoms with E-state index in [1.54, 1.807) is 6.07 Å². The highest BCUT2D eigenvalue weighted by molar-refractivity contribution is 6.32. The van der Waals surface area contributed by atoms with Gasteiger partial charge >= 0.3 is 0 Å². The van der Waals surface area contributed by atoms with E-state index < -0.39 is 0 Å². The quantitative estimate of drug-likeness (QED) is 0.754. The molecule has 0 aromatic heterocycles. The number of benzene rings is 1. The SMILES string of the molecule is C#CCNC(=O)COc1c(Cl)cccc1CCN. The average Bonchev–Trinajstić information content (AvgIpc) is 2.36. The molecule has 0 saturated heterocycles. The minimum absolute atomic E-state index is 0.122. The Morgan fingerprint density at radius 3 is 3.00 bits per heavy atom. The number of para-hydroxylation sites is 1. The third kappa shape index (κ3) is 4.28. The fourth-order valence-corrected chi connectivity index (χ4v) is 1.65. The second-order valence-electron chi connectivity index (χ2n) is 3.54. The van der Waals surface area contributed by atoms with E-state index in [-0.39, 0.29) is 19.1 Å². The summed E-state index contributed by atoms with van der Waals surface area (Å²) < 4.78 is 5.41. The highest BCUT2D eigenvalue weighted by Crippen LogP contribution is 2.28. The van der Waals surface area contributed by atoms with Crippen LogP contribution in [0.15, 0.2) is 18.2 Å². The van der Waals surface area contributed by atoms with Crippen LogP contribution < -0.4 is 15.8 Å². The molecule has 0 bridgehead atoms. The zero-order chi connectivity index (χ0) is 13.4. The van der Waals surface area contributed by atoms with Gasteiger partial charge in [0.1, 0.15) is 5.75 Å². The van der Waals surface area contributed by atoms with E-state index in [0.29, 0.717) is 23.7 Å². The third-order valence-electron chi connectivity index (χ3n) is 2.20. The van der Waals surface area contributed by atoms with Crippen LogP contribution in [-0.4, -0.2) is 25.6 Å². The Morgan fingerprint density at radius 1 is 1.56 bits per heavy atom. The number of carbonyl (C=O) groups excluding carboxylic acids is 1. The Balaban J connectivity index is 2.66. The molecule has 5 heteroatoms. The first-order valence-corrected chi connectivity index (χ1v) is 5.87. The lowest BCUT2D eigenvalue weighted by Crippen LogP contribution is -2.29. The van der Waals surface area contributed by atoms with Crippen molar-refractivity contribution >= 4 is 17.5 Å². The molecule has 1 aromatic rings. The van der Waals surface area contributed by atoms with Crippen molar-refractivity contribution in [2.45, 2.75) is 6.42 Å². The van der Waals surface area contributed by atoms with Crippen LogP contribution in [0.5, 0.6) is 5.75 Å². The van der Waals surface area contributed by atoms with E-state index in [0.717, 1.165) is 5.56 Å². The number of halogens is 1. The second-order valence-corrected chi connectivity index (χ2v) is 3.94. The number of nitrogens with two attached hydrogens (primary N) is 1. The summed E-state index contributed by atoms with van der Waals surface area (Å²) in [6, 6.07) is 5.39. The third-order valence-corrected chi connectivity index (χ3v) is 2.50. The molecule has 1 rings (SSSR count). The summed E-state index contributed by atoms with van der Waals surface area (Å²) in [6.45, 7) is 0.545. The van der Waals surface area contributed by atoms with E-state index in [2.05, 4.69) is 11.2 Å². The van der Waals surface area contributed by atoms with Gasteiger partial charge in [-0.1, -0.05) is 29.7 Å². The molecule has 0 spiro atoms. The van der Waals surface area contributed by atoms with Crippen molar-refractivity contribution in [2.24, 2.45) is 5.73 Å². The number of ether oxygens (including phenoxy) is 1. The predicted molar refractivity (Wildman–Crippen MR) is 71.5 cm³/mol. The molecule has 0 aliphatic heterocycles. The van der Waals surface area contributed by atoms with Crippen LogP contribution in [0, 0.1) is 12.3 Å². The number of terminal acetylenes is 1. The molecule has 0 heterocycles. The van der Waals surface area contributed by atoms with Crippen LogP contribution in [-0.2, 0) is 11.2 Å². The minimum Gasteiger partial charge on any atom is -0.482 e. The van der Waals surface area contributed by atoms with Gasteiger partial charge in [-0.15, -0.1) is 6.42 Å². The van der Waals surface area contributed by atoms with E-state index in [1.165, 1.54) is 0 Å². The first-order chi connectivity index (χ1) is 8.69. The molecule has 4 nitrogen and oxygen atoms in total. The van der Waals surface area contributed by atoms with Crippen LogP contribution >= 0.6 is 11.6 Å². The van der Waals surface area contributed by atoms with Gasteiger partial charge < -0.3 is 15.8 Å². The standard InChI is InChI=1S/C13H15ClN2O2/c1-2-8-16-12(17)9-18-13-10(6-7-15)4-3-5-11(13)14/h1,3-5H,6-9,15H2,(H,16,17). The maximum Gasteiger partial charge on any atom is 0.258 e. The average molecular weight is 267 g/mol. The lowest BCUT2D eigenvalue weighted by Gasteiger charge is -2.12. The van der Waals surface area contributed by atoms with Gasteiger partial charge in [0.2, 0.25) is 0 Å². The Bertz CT molecular complexity index is 455. The summed E-state index contributed by atoms with van der Waals surface area (Å²) in [5.41, 5.74) is 6.39. The van der Waals surface area contributed by atoms with E-state index in [4.69, 9.17) is 28.5 Å². The molecule has 96 valence electrons. The van der Waals surface area contributed by atoms with Crippen LogP contribution in [0.4, 0.5) is 0 Å². The number of hydrogen-bond acceptors (Lipinski definition) is 3. The Labute approximate surface area is 111 Å². The summed E-state index contributed by atoms with van der Waals surface area (Å²) in [5.74, 6) is 2.52. The molecule has 0 aliphatic carbocycles. The summed E-state index contributed by atoms with van der Waals surface area (Å²) in [4.78, 5) is 11.4. The number of amides is 1. The smallest absolute Gasteiger partial charge is 0.258 e. The van der Waals surface area contributed by atoms with Gasteiger partial charge in [-0.2, -0.15) is 0 Å². The summed E-state index contributed by atoms with van der Waals surface area (Å²) in [6.07, 6.45) is 5.67. The minimum atomic E-state index is -0.286. The molecule has 0 atom stereocenters. The molecular formula is C13H15ClN2O2. The first kappa shape index (κ1) is 14.4. The van der Waals surface area contributed by atoms with Crippen molar-refractivity contribution in [1.29, 1.82) is 0 Å². The van der Waals surface area contributed by atoms with Crippen molar-refractivity contribution in [2.75, 3.05) is 19.7 Å². The molecule has 0 unspecified atom stereocenters. The fourth-order valence-electron chi connectivity index (χ4n) is 1.41. The Kier molecular flexibility index (Phi) is 6.06. The van der Waals surface area contributed by atoms with E-state index in [9.17, 15) is 4.79 Å². The molecule has 0 fully saturated rings. The molecule has 0 aliphatic rings. The zero-order valence-electron chi connectivity index (χ0n) is 9.91. The molecule has 1 amide bonds. The van der Waals surface area contributed by atoms with E-state index >= 15 is 0 Å². The highest BCUT2D eigenvalue weighted by Gasteiger charge is 2.09. The zero-order valence-corrected chi connectivity index (χ0v) is 10.7. The van der Waals surface area contributed by atoms with Crippen molar-refractivity contribution in [3.05, 3.63) is 28.8 Å². The topological polar surface area (TPSA) is 64.3 Å². The number of nitrogens with one attached hydrogen (secondary N) is 1. The van der Waals surface area contributed by atoms with Gasteiger partial charge in [0, 0.05) is 0 Å². The molecule has 0 saturated carbocycles. The van der Waals surface area contributed by atoms with Crippen LogP contribution in [0.25, 0.3) is 0 Å². The van der Waals surface area contributed by atoms with Crippen LogP contribution in [0.3, 0.4) is 0 Å². The van der Waals surface area contributed by atoms with Crippen molar-refractivity contribution in [3.63, 3.8) is 0 Å². The number of rotatable bonds is 6. The molecule has 0 radical (unpaired) electrons. The van der Waals surface area contributed by atoms with Gasteiger partial charge in [-0.25, -0.2) is 0 Å². The Morgan fingerprint density at radius 2 is 2.33 bits per heavy atom. The molecular weight excluding hydrogens is 252 g/mol. The van der Waals surface area contributed by atoms with Crippen LogP contribution in [0.1, 0.15) is 5.56 Å². The van der Waals surface area contributed by atoms with Gasteiger partial charge in [-0.3, -0.25) is 4.79 Å². The lowest BCUT2D eigenvalue weighted by molar-refractivity contribution is -0.122. The fraction of sp³-hybridized carbons (Fsp3) is 0.308. The summed E-state index contributed by atoms with van der Waals surface area (Å²) in [5, 5.41) is 2.97. The van der Waals surface area contributed by atoms with Gasteiger partial charge in [0.25, 0.3) is 5.91 Å². The number of hydrogen-bond donors (Lipinski definition) is 2. The summed E-state index contributed by atoms with van der Waals surface area (Å²) >= 11 is 6.02. The van der Waals surface area contributed by atoms with E-state index in [1.807, 2.05) is 12.1 Å². The number of carbonyl (C=O) groups is 1. The van der Waals surface area contributed by atoms with Gasteiger partial charge in [-0.05, 0) is 24.6 Å². The van der Waals surface area contributed by atoms with Crippen molar-refractivity contribution < 1.29 is 9.53 Å². The normalized spacial score (nSPS) is 9.61. The largest absolute Gasteiger partial charge is 0.482 e. The second kappa shape index (κ2) is 7.59. The monoisotopic (exact) mass is 266 g/mol. The molecule has 1 aromatic carbocycles. The first-order valence-electron chi connectivity index (χ1n) is 5.49. The summed E-state index contributed by atoms with van der Waals surface area (Å²) in [7, 11) is 0. The van der Waals surface area contributed by atoms with Crippen molar-refractivity contribution in [3.8, 4) is 18.1 Å². The maximum atomic E-state index is 11.4. The molecule has 3 N–H and O–H groups in total. The van der Waals surface area contributed by atoms with Crippen LogP contribution in [0.2, 0.25) is 5.02 Å². The van der Waals surface area contributed by atoms with Gasteiger partial charge in [0.05, 0.1) is 11.6 Å². The predicted octanol–water partition coefficient (Wildman–Crippen LogP) is 0.969. The Hall–Kier alpha value is -1.70.